The summed E-state index contributed by atoms with van der Waals surface area (Å²) in [5, 5.41) is 0. The Labute approximate surface area is 151 Å². The highest BCUT2D eigenvalue weighted by Crippen LogP contribution is 2.66. The van der Waals surface area contributed by atoms with Crippen LogP contribution in [0.5, 0.6) is 0 Å². The normalized spacial score (nSPS) is 45.9. The number of carbonyl (C=O) groups excluding carboxylic acids is 2. The number of esters is 1. The Morgan fingerprint density at radius 3 is 2.68 bits per heavy atom. The van der Waals surface area contributed by atoms with Crippen LogP contribution in [0.4, 0.5) is 0 Å². The van der Waals surface area contributed by atoms with Gasteiger partial charge in [0.05, 0.1) is 6.61 Å². The number of allylic oxidation sites excluding steroid dienone is 1. The first-order valence-electron chi connectivity index (χ1n) is 10.2. The molecule has 0 aliphatic heterocycles. The lowest BCUT2D eigenvalue weighted by atomic mass is 9.47. The molecule has 0 bridgehead atoms. The van der Waals surface area contributed by atoms with Crippen molar-refractivity contribution in [3.8, 4) is 0 Å². The molecule has 3 fully saturated rings. The standard InChI is InChI=1S/C22H32O3/c1-14(23)25-13-16-5-7-19-18-6-4-15-12-17(24)8-10-21(15,2)20(18)9-11-22(16,19)3/h12,16,18-20H,4-11,13H2,1-3H3/t16?,18-,19-,20+,21-,22+/m0/s1. The first-order chi connectivity index (χ1) is 11.8. The van der Waals surface area contributed by atoms with Crippen LogP contribution in [0.25, 0.3) is 0 Å². The highest BCUT2D eigenvalue weighted by Gasteiger charge is 2.58. The zero-order valence-electron chi connectivity index (χ0n) is 16.0. The third-order valence-corrected chi connectivity index (χ3v) is 8.65. The first-order valence-corrected chi connectivity index (χ1v) is 10.2. The van der Waals surface area contributed by atoms with Crippen molar-refractivity contribution in [2.75, 3.05) is 6.61 Å². The molecule has 0 aromatic rings. The fraction of sp³-hybridized carbons (Fsp3) is 0.818. The minimum atomic E-state index is -0.146. The molecule has 0 aromatic heterocycles. The molecule has 0 spiro atoms. The van der Waals surface area contributed by atoms with E-state index in [1.54, 1.807) is 0 Å². The SMILES string of the molecule is CC(=O)OCC1CC[C@H]2[C@@H]3CCC4=CC(=O)CC[C@]4(C)[C@@H]3CC[C@]12C. The van der Waals surface area contributed by atoms with E-state index in [4.69, 9.17) is 4.74 Å². The summed E-state index contributed by atoms with van der Waals surface area (Å²) < 4.78 is 5.41. The summed E-state index contributed by atoms with van der Waals surface area (Å²) in [7, 11) is 0. The van der Waals surface area contributed by atoms with Crippen molar-refractivity contribution in [2.45, 2.75) is 72.1 Å². The average molecular weight is 344 g/mol. The number of carbonyl (C=O) groups is 2. The monoisotopic (exact) mass is 344 g/mol. The third-order valence-electron chi connectivity index (χ3n) is 8.65. The van der Waals surface area contributed by atoms with E-state index in [9.17, 15) is 9.59 Å². The van der Waals surface area contributed by atoms with Crippen molar-refractivity contribution in [2.24, 2.45) is 34.5 Å². The molecular weight excluding hydrogens is 312 g/mol. The quantitative estimate of drug-likeness (QED) is 0.682. The van der Waals surface area contributed by atoms with Crippen LogP contribution in [-0.2, 0) is 14.3 Å². The molecule has 4 rings (SSSR count). The van der Waals surface area contributed by atoms with Gasteiger partial charge in [-0.1, -0.05) is 19.4 Å². The van der Waals surface area contributed by atoms with Gasteiger partial charge in [0, 0.05) is 13.3 Å². The van der Waals surface area contributed by atoms with E-state index in [-0.39, 0.29) is 11.4 Å². The number of fused-ring (bicyclic) bond motifs is 5. The van der Waals surface area contributed by atoms with Gasteiger partial charge in [-0.15, -0.1) is 0 Å². The summed E-state index contributed by atoms with van der Waals surface area (Å²) in [6.45, 7) is 7.03. The van der Waals surface area contributed by atoms with E-state index in [2.05, 4.69) is 13.8 Å². The van der Waals surface area contributed by atoms with Gasteiger partial charge >= 0.3 is 5.97 Å². The summed E-state index contributed by atoms with van der Waals surface area (Å²) in [6, 6.07) is 0. The molecule has 25 heavy (non-hydrogen) atoms. The minimum absolute atomic E-state index is 0.146. The van der Waals surface area contributed by atoms with E-state index in [0.29, 0.717) is 23.7 Å². The number of ether oxygens (including phenoxy) is 1. The van der Waals surface area contributed by atoms with Gasteiger partial charge in [-0.25, -0.2) is 0 Å². The van der Waals surface area contributed by atoms with Crippen LogP contribution >= 0.6 is 0 Å². The second-order valence-corrected chi connectivity index (χ2v) is 9.59. The van der Waals surface area contributed by atoms with Crippen LogP contribution in [0.1, 0.15) is 72.1 Å². The average Bonchev–Trinajstić information content (AvgIpc) is 2.90. The highest BCUT2D eigenvalue weighted by atomic mass is 16.5. The van der Waals surface area contributed by atoms with Crippen LogP contribution in [0, 0.1) is 34.5 Å². The molecule has 1 unspecified atom stereocenters. The Kier molecular flexibility index (Phi) is 4.12. The molecule has 4 aliphatic carbocycles. The van der Waals surface area contributed by atoms with Crippen LogP contribution in [0.2, 0.25) is 0 Å². The fourth-order valence-corrected chi connectivity index (χ4v) is 7.16. The van der Waals surface area contributed by atoms with Crippen molar-refractivity contribution < 1.29 is 14.3 Å². The molecule has 0 N–H and O–H groups in total. The summed E-state index contributed by atoms with van der Waals surface area (Å²) >= 11 is 0. The third kappa shape index (κ3) is 2.61. The van der Waals surface area contributed by atoms with Crippen LogP contribution in [0.15, 0.2) is 11.6 Å². The lowest BCUT2D eigenvalue weighted by molar-refractivity contribution is -0.144. The van der Waals surface area contributed by atoms with Gasteiger partial charge in [0.25, 0.3) is 0 Å². The maximum atomic E-state index is 11.9. The van der Waals surface area contributed by atoms with E-state index in [0.717, 1.165) is 37.0 Å². The van der Waals surface area contributed by atoms with E-state index < -0.39 is 0 Å². The van der Waals surface area contributed by atoms with Crippen molar-refractivity contribution in [1.82, 2.24) is 0 Å². The number of hydrogen-bond acceptors (Lipinski definition) is 3. The number of hydrogen-bond donors (Lipinski definition) is 0. The van der Waals surface area contributed by atoms with Crippen molar-refractivity contribution in [3.05, 3.63) is 11.6 Å². The molecule has 0 saturated heterocycles. The molecule has 0 aromatic carbocycles. The van der Waals surface area contributed by atoms with Gasteiger partial charge in [0.1, 0.15) is 0 Å². The highest BCUT2D eigenvalue weighted by molar-refractivity contribution is 5.91. The maximum absolute atomic E-state index is 11.9. The minimum Gasteiger partial charge on any atom is -0.466 e. The van der Waals surface area contributed by atoms with Gasteiger partial charge < -0.3 is 4.74 Å². The summed E-state index contributed by atoms with van der Waals surface area (Å²) in [5.74, 6) is 3.02. The largest absolute Gasteiger partial charge is 0.466 e. The van der Waals surface area contributed by atoms with Crippen molar-refractivity contribution >= 4 is 11.8 Å². The predicted molar refractivity (Wildman–Crippen MR) is 96.8 cm³/mol. The Bertz CT molecular complexity index is 621. The zero-order chi connectivity index (χ0) is 17.8. The second-order valence-electron chi connectivity index (χ2n) is 9.59. The van der Waals surface area contributed by atoms with Crippen LogP contribution in [-0.4, -0.2) is 18.4 Å². The molecule has 6 atom stereocenters. The van der Waals surface area contributed by atoms with Gasteiger partial charge in [-0.05, 0) is 85.5 Å². The van der Waals surface area contributed by atoms with Gasteiger partial charge in [-0.3, -0.25) is 9.59 Å². The lowest BCUT2D eigenvalue weighted by Gasteiger charge is -2.58. The molecule has 0 heterocycles. The van der Waals surface area contributed by atoms with Crippen LogP contribution < -0.4 is 0 Å². The predicted octanol–water partition coefficient (Wildman–Crippen LogP) is 4.70. The topological polar surface area (TPSA) is 43.4 Å². The number of rotatable bonds is 2. The Hall–Kier alpha value is -1.12. The van der Waals surface area contributed by atoms with E-state index >= 15 is 0 Å². The van der Waals surface area contributed by atoms with E-state index in [1.807, 2.05) is 6.08 Å². The molecular formula is C22H32O3. The van der Waals surface area contributed by atoms with Gasteiger partial charge in [-0.2, -0.15) is 0 Å². The summed E-state index contributed by atoms with van der Waals surface area (Å²) in [4.78, 5) is 23.2. The molecule has 3 saturated carbocycles. The Balaban J connectivity index is 1.57. The van der Waals surface area contributed by atoms with E-state index in [1.165, 1.54) is 44.6 Å². The Morgan fingerprint density at radius 1 is 1.12 bits per heavy atom. The first kappa shape index (κ1) is 17.3. The van der Waals surface area contributed by atoms with Gasteiger partial charge in [0.2, 0.25) is 0 Å². The summed E-state index contributed by atoms with van der Waals surface area (Å²) in [5.41, 5.74) is 2.04. The molecule has 4 aliphatic rings. The van der Waals surface area contributed by atoms with Crippen LogP contribution in [0.3, 0.4) is 0 Å². The lowest BCUT2D eigenvalue weighted by Crippen LogP contribution is -2.50. The number of ketones is 1. The maximum Gasteiger partial charge on any atom is 0.302 e. The fourth-order valence-electron chi connectivity index (χ4n) is 7.16. The molecule has 3 nitrogen and oxygen atoms in total. The second kappa shape index (κ2) is 5.96. The molecule has 138 valence electrons. The van der Waals surface area contributed by atoms with Gasteiger partial charge in [0.15, 0.2) is 5.78 Å². The summed E-state index contributed by atoms with van der Waals surface area (Å²) in [6.07, 6.45) is 11.2. The Morgan fingerprint density at radius 2 is 1.92 bits per heavy atom. The smallest absolute Gasteiger partial charge is 0.302 e. The molecule has 3 heteroatoms. The molecule has 0 radical (unpaired) electrons. The van der Waals surface area contributed by atoms with Crippen molar-refractivity contribution in [3.63, 3.8) is 0 Å². The van der Waals surface area contributed by atoms with Crippen molar-refractivity contribution in [1.29, 1.82) is 0 Å². The molecule has 0 amide bonds. The zero-order valence-corrected chi connectivity index (χ0v) is 16.0.